The Hall–Kier alpha value is -1.16. The van der Waals surface area contributed by atoms with Gasteiger partial charge < -0.3 is 4.90 Å². The molecule has 1 amide bonds. The van der Waals surface area contributed by atoms with E-state index in [0.29, 0.717) is 12.1 Å². The third-order valence-electron chi connectivity index (χ3n) is 4.76. The molecular weight excluding hydrogens is 256 g/mol. The van der Waals surface area contributed by atoms with E-state index >= 15 is 0 Å². The molecule has 3 fully saturated rings. The topological polar surface area (TPSA) is 33.2 Å². The van der Waals surface area contributed by atoms with Gasteiger partial charge in [-0.2, -0.15) is 0 Å². The average molecular weight is 274 g/mol. The zero-order chi connectivity index (χ0) is 13.0. The third-order valence-corrected chi connectivity index (χ3v) is 5.67. The number of piperidine rings is 1. The lowest BCUT2D eigenvalue weighted by Crippen LogP contribution is -2.44. The number of allylic oxidation sites excluding steroid dienone is 1. The summed E-state index contributed by atoms with van der Waals surface area (Å²) < 4.78 is 0. The van der Waals surface area contributed by atoms with E-state index in [-0.39, 0.29) is 5.91 Å². The van der Waals surface area contributed by atoms with E-state index in [1.165, 1.54) is 37.0 Å². The van der Waals surface area contributed by atoms with Gasteiger partial charge in [0.2, 0.25) is 0 Å². The van der Waals surface area contributed by atoms with Crippen LogP contribution in [0.5, 0.6) is 0 Å². The molecule has 2 atom stereocenters. The Morgan fingerprint density at radius 3 is 2.47 bits per heavy atom. The number of thiazole rings is 1. The lowest BCUT2D eigenvalue weighted by Gasteiger charge is -2.36. The molecule has 1 saturated carbocycles. The Balaban J connectivity index is 1.62. The molecule has 1 aliphatic carbocycles. The Kier molecular flexibility index (Phi) is 2.56. The maximum absolute atomic E-state index is 12.7. The fraction of sp³-hybridized carbons (Fsp3) is 0.600. The van der Waals surface area contributed by atoms with E-state index in [0.717, 1.165) is 23.4 Å². The van der Waals surface area contributed by atoms with Gasteiger partial charge in [0.1, 0.15) is 4.88 Å². The zero-order valence-electron chi connectivity index (χ0n) is 11.2. The lowest BCUT2D eigenvalue weighted by atomic mass is 9.95. The number of carbonyl (C=O) groups is 1. The number of amides is 1. The van der Waals surface area contributed by atoms with Gasteiger partial charge in [0.15, 0.2) is 0 Å². The van der Waals surface area contributed by atoms with Crippen LogP contribution in [0.3, 0.4) is 0 Å². The molecule has 1 aromatic rings. The molecule has 0 N–H and O–H groups in total. The van der Waals surface area contributed by atoms with Crippen molar-refractivity contribution in [1.82, 2.24) is 9.88 Å². The fourth-order valence-electron chi connectivity index (χ4n) is 3.67. The number of carbonyl (C=O) groups excluding carboxylic acids is 1. The van der Waals surface area contributed by atoms with Crippen molar-refractivity contribution < 1.29 is 4.79 Å². The first-order chi connectivity index (χ1) is 9.24. The Morgan fingerprint density at radius 1 is 1.26 bits per heavy atom. The van der Waals surface area contributed by atoms with Gasteiger partial charge in [-0.25, -0.2) is 4.98 Å². The quantitative estimate of drug-likeness (QED) is 0.736. The predicted molar refractivity (Wildman–Crippen MR) is 75.3 cm³/mol. The van der Waals surface area contributed by atoms with Crippen molar-refractivity contribution in [1.29, 1.82) is 0 Å². The van der Waals surface area contributed by atoms with Gasteiger partial charge in [-0.15, -0.1) is 11.3 Å². The SMILES string of the molecule is Cc1ncsc1C(=O)N1C2CCC1CC(=C1CC1)C2. The molecule has 19 heavy (non-hydrogen) atoms. The molecule has 0 radical (unpaired) electrons. The summed E-state index contributed by atoms with van der Waals surface area (Å²) in [5.74, 6) is 0.229. The highest BCUT2D eigenvalue weighted by Gasteiger charge is 2.43. The van der Waals surface area contributed by atoms with Gasteiger partial charge in [0.05, 0.1) is 11.2 Å². The van der Waals surface area contributed by atoms with Crippen molar-refractivity contribution >= 4 is 17.2 Å². The number of aromatic nitrogens is 1. The monoisotopic (exact) mass is 274 g/mol. The van der Waals surface area contributed by atoms with Crippen LogP contribution in [0.15, 0.2) is 16.7 Å². The van der Waals surface area contributed by atoms with Crippen molar-refractivity contribution in [3.8, 4) is 0 Å². The van der Waals surface area contributed by atoms with Gasteiger partial charge in [0, 0.05) is 12.1 Å². The number of nitrogens with zero attached hydrogens (tertiary/aromatic N) is 2. The first kappa shape index (κ1) is 11.6. The number of fused-ring (bicyclic) bond motifs is 2. The molecule has 2 saturated heterocycles. The number of rotatable bonds is 1. The summed E-state index contributed by atoms with van der Waals surface area (Å²) >= 11 is 1.49. The average Bonchev–Trinajstić information content (AvgIpc) is 3.11. The summed E-state index contributed by atoms with van der Waals surface area (Å²) in [4.78, 5) is 20.0. The molecular formula is C15H18N2OS. The summed E-state index contributed by atoms with van der Waals surface area (Å²) in [6, 6.07) is 0.909. The van der Waals surface area contributed by atoms with E-state index in [4.69, 9.17) is 0 Å². The van der Waals surface area contributed by atoms with E-state index in [1.54, 1.807) is 16.7 Å². The second-order valence-electron chi connectivity index (χ2n) is 5.98. The molecule has 100 valence electrons. The Bertz CT molecular complexity index is 552. The maximum atomic E-state index is 12.7. The molecule has 3 nitrogen and oxygen atoms in total. The van der Waals surface area contributed by atoms with Gasteiger partial charge in [-0.05, 0) is 45.4 Å². The van der Waals surface area contributed by atoms with Crippen LogP contribution in [-0.4, -0.2) is 27.9 Å². The molecule has 2 unspecified atom stereocenters. The van der Waals surface area contributed by atoms with Crippen molar-refractivity contribution in [2.75, 3.05) is 0 Å². The molecule has 0 spiro atoms. The van der Waals surface area contributed by atoms with E-state index in [9.17, 15) is 4.79 Å². The number of aryl methyl sites for hydroxylation is 1. The van der Waals surface area contributed by atoms with Gasteiger partial charge in [-0.3, -0.25) is 4.79 Å². The zero-order valence-corrected chi connectivity index (χ0v) is 12.0. The summed E-state index contributed by atoms with van der Waals surface area (Å²) in [7, 11) is 0. The van der Waals surface area contributed by atoms with Gasteiger partial charge >= 0.3 is 0 Å². The largest absolute Gasteiger partial charge is 0.331 e. The summed E-state index contributed by atoms with van der Waals surface area (Å²) in [6.07, 6.45) is 7.27. The van der Waals surface area contributed by atoms with Crippen LogP contribution in [0.4, 0.5) is 0 Å². The molecule has 1 aromatic heterocycles. The van der Waals surface area contributed by atoms with Crippen LogP contribution >= 0.6 is 11.3 Å². The number of hydrogen-bond acceptors (Lipinski definition) is 3. The summed E-state index contributed by atoms with van der Waals surface area (Å²) in [5.41, 5.74) is 6.04. The highest BCUT2D eigenvalue weighted by Crippen LogP contribution is 2.45. The molecule has 4 rings (SSSR count). The highest BCUT2D eigenvalue weighted by molar-refractivity contribution is 7.11. The standard InChI is InChI=1S/C15H18N2OS/c1-9-14(19-8-16-9)15(18)17-12-4-5-13(17)7-11(6-12)10-2-3-10/h8,12-13H,2-7H2,1H3. The van der Waals surface area contributed by atoms with Crippen molar-refractivity contribution in [2.24, 2.45) is 0 Å². The van der Waals surface area contributed by atoms with Crippen LogP contribution in [0.25, 0.3) is 0 Å². The van der Waals surface area contributed by atoms with E-state index in [1.807, 2.05) is 6.92 Å². The molecule has 3 aliphatic rings. The Labute approximate surface area is 117 Å². The maximum Gasteiger partial charge on any atom is 0.266 e. The molecule has 2 aliphatic heterocycles. The van der Waals surface area contributed by atoms with Gasteiger partial charge in [0.25, 0.3) is 5.91 Å². The molecule has 0 aromatic carbocycles. The van der Waals surface area contributed by atoms with Crippen molar-refractivity contribution in [2.45, 2.75) is 57.5 Å². The molecule has 3 heterocycles. The van der Waals surface area contributed by atoms with Crippen LogP contribution in [-0.2, 0) is 0 Å². The van der Waals surface area contributed by atoms with Crippen molar-refractivity contribution in [3.05, 3.63) is 27.2 Å². The molecule has 2 bridgehead atoms. The van der Waals surface area contributed by atoms with Crippen LogP contribution in [0.2, 0.25) is 0 Å². The third kappa shape index (κ3) is 1.84. The minimum absolute atomic E-state index is 0.229. The highest BCUT2D eigenvalue weighted by atomic mass is 32.1. The molecule has 4 heteroatoms. The smallest absolute Gasteiger partial charge is 0.266 e. The Morgan fingerprint density at radius 2 is 1.95 bits per heavy atom. The van der Waals surface area contributed by atoms with Crippen molar-refractivity contribution in [3.63, 3.8) is 0 Å². The number of hydrogen-bond donors (Lipinski definition) is 0. The summed E-state index contributed by atoms with van der Waals surface area (Å²) in [5, 5.41) is 0. The predicted octanol–water partition coefficient (Wildman–Crippen LogP) is 3.31. The minimum atomic E-state index is 0.229. The second kappa shape index (κ2) is 4.17. The second-order valence-corrected chi connectivity index (χ2v) is 6.83. The fourth-order valence-corrected chi connectivity index (χ4v) is 4.42. The normalized spacial score (nSPS) is 29.0. The van der Waals surface area contributed by atoms with Gasteiger partial charge in [-0.1, -0.05) is 11.1 Å². The van der Waals surface area contributed by atoms with Crippen LogP contribution in [0.1, 0.15) is 53.9 Å². The first-order valence-electron chi connectivity index (χ1n) is 7.16. The summed E-state index contributed by atoms with van der Waals surface area (Å²) in [6.45, 7) is 1.94. The van der Waals surface area contributed by atoms with Crippen LogP contribution < -0.4 is 0 Å². The minimum Gasteiger partial charge on any atom is -0.331 e. The van der Waals surface area contributed by atoms with E-state index < -0.39 is 0 Å². The van der Waals surface area contributed by atoms with E-state index in [2.05, 4.69) is 9.88 Å². The van der Waals surface area contributed by atoms with Crippen LogP contribution in [0, 0.1) is 6.92 Å². The lowest BCUT2D eigenvalue weighted by molar-refractivity contribution is 0.0638. The first-order valence-corrected chi connectivity index (χ1v) is 8.04.